The van der Waals surface area contributed by atoms with Gasteiger partial charge in [-0.2, -0.15) is 4.31 Å². The van der Waals surface area contributed by atoms with Gasteiger partial charge in [-0.05, 0) is 50.1 Å². The Morgan fingerprint density at radius 3 is 2.23 bits per heavy atom. The Balaban J connectivity index is 2.00. The van der Waals surface area contributed by atoms with Crippen molar-refractivity contribution in [3.05, 3.63) is 65.2 Å². The fourth-order valence-electron chi connectivity index (χ4n) is 2.64. The van der Waals surface area contributed by atoms with Gasteiger partial charge in [0.15, 0.2) is 0 Å². The van der Waals surface area contributed by atoms with Crippen LogP contribution in [0.4, 0.5) is 0 Å². The summed E-state index contributed by atoms with van der Waals surface area (Å²) in [5, 5.41) is 3.35. The molecule has 2 aromatic rings. The van der Waals surface area contributed by atoms with Gasteiger partial charge in [0.25, 0.3) is 0 Å². The molecule has 0 saturated carbocycles. The maximum Gasteiger partial charge on any atom is 0.243 e. The average Bonchev–Trinajstić information content (AvgIpc) is 2.54. The summed E-state index contributed by atoms with van der Waals surface area (Å²) in [6.45, 7) is 3.56. The monoisotopic (exact) mass is 394 g/mol. The first-order valence-electron chi connectivity index (χ1n) is 8.17. The third-order valence-corrected chi connectivity index (χ3v) is 5.92. The molecule has 0 radical (unpaired) electrons. The Kier molecular flexibility index (Phi) is 6.44. The molecule has 2 rings (SSSR count). The number of nitrogens with one attached hydrogen (secondary N) is 1. The normalized spacial score (nSPS) is 12.2. The third-order valence-electron chi connectivity index (χ3n) is 3.85. The Morgan fingerprint density at radius 2 is 1.65 bits per heavy atom. The highest BCUT2D eigenvalue weighted by Crippen LogP contribution is 2.18. The number of hydrogen-bond donors (Lipinski definition) is 1. The van der Waals surface area contributed by atoms with Crippen molar-refractivity contribution < 1.29 is 13.2 Å². The minimum atomic E-state index is -3.75. The molecule has 0 aromatic heterocycles. The maximum atomic E-state index is 12.5. The Bertz CT molecular complexity index is 850. The summed E-state index contributed by atoms with van der Waals surface area (Å²) in [5.41, 5.74) is 0.600. The van der Waals surface area contributed by atoms with Crippen LogP contribution in [0, 0.1) is 0 Å². The summed E-state index contributed by atoms with van der Waals surface area (Å²) in [6.07, 6.45) is 0.646. The summed E-state index contributed by atoms with van der Waals surface area (Å²) in [7, 11) is -2.37. The summed E-state index contributed by atoms with van der Waals surface area (Å²) < 4.78 is 26.1. The number of carbonyl (C=O) groups excluding carboxylic acids is 1. The molecular weight excluding hydrogens is 372 g/mol. The number of nitrogens with zero attached hydrogens (tertiary/aromatic N) is 1. The number of benzene rings is 2. The van der Waals surface area contributed by atoms with E-state index < -0.39 is 15.6 Å². The first kappa shape index (κ1) is 20.4. The molecule has 0 aliphatic rings. The van der Waals surface area contributed by atoms with Crippen LogP contribution in [0.2, 0.25) is 5.02 Å². The lowest BCUT2D eigenvalue weighted by atomic mass is 9.95. The number of amides is 1. The van der Waals surface area contributed by atoms with Crippen molar-refractivity contribution in [3.63, 3.8) is 0 Å². The van der Waals surface area contributed by atoms with Gasteiger partial charge in [0.1, 0.15) is 0 Å². The van der Waals surface area contributed by atoms with E-state index in [1.807, 2.05) is 44.2 Å². The highest BCUT2D eigenvalue weighted by atomic mass is 35.5. The molecule has 0 spiro atoms. The standard InChI is InChI=1S/C19H23ClN2O3S/c1-19(2,13-15-7-5-4-6-8-15)21-18(23)14-22(3)26(24,25)17-11-9-16(20)10-12-17/h4-12H,13-14H2,1-3H3,(H,21,23). The molecule has 1 amide bonds. The van der Waals surface area contributed by atoms with E-state index >= 15 is 0 Å². The minimum Gasteiger partial charge on any atom is -0.350 e. The van der Waals surface area contributed by atoms with Gasteiger partial charge in [0.05, 0.1) is 11.4 Å². The van der Waals surface area contributed by atoms with Crippen molar-refractivity contribution >= 4 is 27.5 Å². The minimum absolute atomic E-state index is 0.0979. The van der Waals surface area contributed by atoms with Crippen LogP contribution < -0.4 is 5.32 Å². The lowest BCUT2D eigenvalue weighted by Crippen LogP contribution is -2.49. The molecule has 0 unspecified atom stereocenters. The van der Waals surface area contributed by atoms with E-state index in [0.29, 0.717) is 11.4 Å². The molecule has 0 aliphatic carbocycles. The second-order valence-corrected chi connectivity index (χ2v) is 9.29. The number of halogens is 1. The van der Waals surface area contributed by atoms with Crippen molar-refractivity contribution in [3.8, 4) is 0 Å². The highest BCUT2D eigenvalue weighted by Gasteiger charge is 2.26. The Hall–Kier alpha value is -1.89. The second kappa shape index (κ2) is 8.20. The zero-order valence-electron chi connectivity index (χ0n) is 15.1. The van der Waals surface area contributed by atoms with E-state index in [-0.39, 0.29) is 17.3 Å². The van der Waals surface area contributed by atoms with Crippen molar-refractivity contribution in [2.45, 2.75) is 30.7 Å². The predicted molar refractivity (Wildman–Crippen MR) is 104 cm³/mol. The van der Waals surface area contributed by atoms with Crippen LogP contribution in [0.1, 0.15) is 19.4 Å². The van der Waals surface area contributed by atoms with E-state index in [4.69, 9.17) is 11.6 Å². The van der Waals surface area contributed by atoms with Gasteiger partial charge in [0.2, 0.25) is 15.9 Å². The van der Waals surface area contributed by atoms with Crippen LogP contribution >= 0.6 is 11.6 Å². The molecule has 1 N–H and O–H groups in total. The molecule has 5 nitrogen and oxygen atoms in total. The number of carbonyl (C=O) groups is 1. The van der Waals surface area contributed by atoms with Crippen molar-refractivity contribution in [2.24, 2.45) is 0 Å². The van der Waals surface area contributed by atoms with Crippen molar-refractivity contribution in [1.29, 1.82) is 0 Å². The Morgan fingerprint density at radius 1 is 1.08 bits per heavy atom. The summed E-state index contributed by atoms with van der Waals surface area (Å²) in [5.74, 6) is -0.356. The van der Waals surface area contributed by atoms with Gasteiger partial charge in [-0.15, -0.1) is 0 Å². The second-order valence-electron chi connectivity index (χ2n) is 6.81. The van der Waals surface area contributed by atoms with Crippen LogP contribution in [0.5, 0.6) is 0 Å². The van der Waals surface area contributed by atoms with Crippen molar-refractivity contribution in [1.82, 2.24) is 9.62 Å². The number of hydrogen-bond acceptors (Lipinski definition) is 3. The van der Waals surface area contributed by atoms with Crippen LogP contribution in [0.15, 0.2) is 59.5 Å². The van der Waals surface area contributed by atoms with Gasteiger partial charge in [-0.1, -0.05) is 41.9 Å². The molecule has 26 heavy (non-hydrogen) atoms. The molecule has 7 heteroatoms. The molecule has 2 aromatic carbocycles. The third kappa shape index (κ3) is 5.56. The molecule has 0 atom stereocenters. The average molecular weight is 395 g/mol. The van der Waals surface area contributed by atoms with Gasteiger partial charge < -0.3 is 5.32 Å². The first-order valence-corrected chi connectivity index (χ1v) is 9.99. The van der Waals surface area contributed by atoms with E-state index in [0.717, 1.165) is 9.87 Å². The lowest BCUT2D eigenvalue weighted by Gasteiger charge is -2.27. The molecule has 0 fully saturated rings. The van der Waals surface area contributed by atoms with E-state index in [2.05, 4.69) is 5.32 Å². The summed E-state index contributed by atoms with van der Waals surface area (Å²) in [6, 6.07) is 15.7. The Labute approximate surface area is 160 Å². The molecule has 140 valence electrons. The first-order chi connectivity index (χ1) is 12.1. The zero-order chi connectivity index (χ0) is 19.4. The number of likely N-dealkylation sites (N-methyl/N-ethyl adjacent to an activating group) is 1. The quantitative estimate of drug-likeness (QED) is 0.784. The van der Waals surface area contributed by atoms with E-state index in [1.54, 1.807) is 0 Å². The zero-order valence-corrected chi connectivity index (χ0v) is 16.6. The molecule has 0 heterocycles. The van der Waals surface area contributed by atoms with Gasteiger partial charge in [-0.25, -0.2) is 8.42 Å². The lowest BCUT2D eigenvalue weighted by molar-refractivity contribution is -0.122. The van der Waals surface area contributed by atoms with Gasteiger partial charge in [0, 0.05) is 17.6 Å². The van der Waals surface area contributed by atoms with Crippen LogP contribution in [0.25, 0.3) is 0 Å². The van der Waals surface area contributed by atoms with Crippen LogP contribution in [0.3, 0.4) is 0 Å². The van der Waals surface area contributed by atoms with Crippen molar-refractivity contribution in [2.75, 3.05) is 13.6 Å². The molecule has 0 aliphatic heterocycles. The maximum absolute atomic E-state index is 12.5. The summed E-state index contributed by atoms with van der Waals surface area (Å²) >= 11 is 5.79. The molecular formula is C19H23ClN2O3S. The SMILES string of the molecule is CN(CC(=O)NC(C)(C)Cc1ccccc1)S(=O)(=O)c1ccc(Cl)cc1. The topological polar surface area (TPSA) is 66.5 Å². The number of rotatable bonds is 7. The summed E-state index contributed by atoms with van der Waals surface area (Å²) in [4.78, 5) is 12.5. The predicted octanol–water partition coefficient (Wildman–Crippen LogP) is 3.10. The smallest absolute Gasteiger partial charge is 0.243 e. The van der Waals surface area contributed by atoms with Crippen LogP contribution in [-0.2, 0) is 21.2 Å². The van der Waals surface area contributed by atoms with Gasteiger partial charge in [-0.3, -0.25) is 4.79 Å². The number of sulfonamides is 1. The molecule has 0 saturated heterocycles. The highest BCUT2D eigenvalue weighted by molar-refractivity contribution is 7.89. The van der Waals surface area contributed by atoms with Gasteiger partial charge >= 0.3 is 0 Å². The van der Waals surface area contributed by atoms with E-state index in [1.165, 1.54) is 31.3 Å². The fourth-order valence-corrected chi connectivity index (χ4v) is 3.89. The molecule has 0 bridgehead atoms. The largest absolute Gasteiger partial charge is 0.350 e. The van der Waals surface area contributed by atoms with Crippen LogP contribution in [-0.4, -0.2) is 37.8 Å². The van der Waals surface area contributed by atoms with E-state index in [9.17, 15) is 13.2 Å². The fraction of sp³-hybridized carbons (Fsp3) is 0.316.